The topological polar surface area (TPSA) is 85.4 Å². The molecule has 0 saturated heterocycles. The Kier molecular flexibility index (Phi) is 7.78. The zero-order chi connectivity index (χ0) is 23.2. The molecule has 0 aliphatic rings. The smallest absolute Gasteiger partial charge is 0.307 e. The molecule has 2 heterocycles. The second kappa shape index (κ2) is 10.4. The van der Waals surface area contributed by atoms with Gasteiger partial charge in [-0.1, -0.05) is 36.4 Å². The molecule has 0 spiro atoms. The highest BCUT2D eigenvalue weighted by molar-refractivity contribution is 7.91. The Morgan fingerprint density at radius 2 is 1.78 bits per heavy atom. The maximum Gasteiger partial charge on any atom is 0.307 e. The van der Waals surface area contributed by atoms with Crippen LogP contribution in [0.2, 0.25) is 0 Å². The first-order valence-corrected chi connectivity index (χ1v) is 12.5. The van der Waals surface area contributed by atoms with Crippen LogP contribution in [0.25, 0.3) is 10.6 Å². The largest absolute Gasteiger partial charge is 0.461 e. The minimum Gasteiger partial charge on any atom is -0.461 e. The summed E-state index contributed by atoms with van der Waals surface area (Å²) >= 11 is 1.15. The number of quaternary nitrogens is 1. The average molecular weight is 475 g/mol. The van der Waals surface area contributed by atoms with Crippen LogP contribution in [-0.2, 0) is 26.2 Å². The number of sulfonamides is 1. The minimum atomic E-state index is -3.81. The summed E-state index contributed by atoms with van der Waals surface area (Å²) in [4.78, 5) is 17.5. The van der Waals surface area contributed by atoms with E-state index in [1.165, 1.54) is 0 Å². The van der Waals surface area contributed by atoms with E-state index in [0.29, 0.717) is 16.7 Å². The van der Waals surface area contributed by atoms with Crippen molar-refractivity contribution >= 4 is 27.3 Å². The van der Waals surface area contributed by atoms with Crippen molar-refractivity contribution in [1.29, 1.82) is 0 Å². The van der Waals surface area contributed by atoms with E-state index in [1.54, 1.807) is 18.3 Å². The number of esters is 1. The van der Waals surface area contributed by atoms with Gasteiger partial charge < -0.3 is 9.22 Å². The highest BCUT2D eigenvalue weighted by atomic mass is 32.2. The van der Waals surface area contributed by atoms with Gasteiger partial charge in [0.15, 0.2) is 0 Å². The lowest BCUT2D eigenvalue weighted by molar-refractivity contribution is -0.871. The predicted octanol–water partition coefficient (Wildman–Crippen LogP) is 3.30. The molecule has 2 aromatic heterocycles. The Morgan fingerprint density at radius 3 is 2.44 bits per heavy atom. The molecule has 0 aliphatic heterocycles. The van der Waals surface area contributed by atoms with Gasteiger partial charge in [-0.05, 0) is 29.8 Å². The molecule has 1 atom stereocenters. The Bertz CT molecular complexity index is 1120. The molecule has 3 rings (SSSR count). The molecule has 0 radical (unpaired) electrons. The van der Waals surface area contributed by atoms with Crippen LogP contribution in [0.4, 0.5) is 0 Å². The maximum atomic E-state index is 13.1. The van der Waals surface area contributed by atoms with E-state index in [-0.39, 0.29) is 17.2 Å². The van der Waals surface area contributed by atoms with Crippen LogP contribution in [0.1, 0.15) is 12.0 Å². The van der Waals surface area contributed by atoms with Crippen molar-refractivity contribution < 1.29 is 22.4 Å². The molecule has 3 aromatic rings. The van der Waals surface area contributed by atoms with Crippen molar-refractivity contribution in [1.82, 2.24) is 9.71 Å². The Labute approximate surface area is 193 Å². The van der Waals surface area contributed by atoms with Gasteiger partial charge >= 0.3 is 5.97 Å². The minimum absolute atomic E-state index is 0.0555. The van der Waals surface area contributed by atoms with Crippen molar-refractivity contribution in [2.24, 2.45) is 0 Å². The number of pyridine rings is 1. The molecular weight excluding hydrogens is 446 g/mol. The molecule has 1 aromatic carbocycles. The maximum absolute atomic E-state index is 13.1. The lowest BCUT2D eigenvalue weighted by Crippen LogP contribution is -2.49. The van der Waals surface area contributed by atoms with Gasteiger partial charge in [0.2, 0.25) is 0 Å². The second-order valence-corrected chi connectivity index (χ2v) is 11.5. The van der Waals surface area contributed by atoms with Crippen molar-refractivity contribution in [3.05, 3.63) is 72.4 Å². The molecule has 1 N–H and O–H groups in total. The molecule has 0 unspecified atom stereocenters. The van der Waals surface area contributed by atoms with Crippen LogP contribution in [0.15, 0.2) is 71.1 Å². The molecule has 170 valence electrons. The molecule has 9 heteroatoms. The van der Waals surface area contributed by atoms with E-state index in [2.05, 4.69) is 9.71 Å². The summed E-state index contributed by atoms with van der Waals surface area (Å²) in [6.07, 6.45) is 1.61. The summed E-state index contributed by atoms with van der Waals surface area (Å²) in [5, 5.41) is 0. The lowest BCUT2D eigenvalue weighted by Gasteiger charge is -2.29. The number of aromatic nitrogens is 1. The van der Waals surface area contributed by atoms with Gasteiger partial charge in [-0.2, -0.15) is 0 Å². The first-order chi connectivity index (χ1) is 15.1. The summed E-state index contributed by atoms with van der Waals surface area (Å²) in [6.45, 7) is 0.583. The fourth-order valence-electron chi connectivity index (χ4n) is 3.19. The van der Waals surface area contributed by atoms with Crippen LogP contribution in [-0.4, -0.2) is 57.6 Å². The first-order valence-electron chi connectivity index (χ1n) is 10.2. The number of thiophene rings is 1. The molecule has 0 saturated carbocycles. The lowest BCUT2D eigenvalue weighted by atomic mass is 10.2. The number of ether oxygens (including phenoxy) is 1. The summed E-state index contributed by atoms with van der Waals surface area (Å²) < 4.78 is 34.9. The summed E-state index contributed by atoms with van der Waals surface area (Å²) in [6, 6.07) is 17.6. The van der Waals surface area contributed by atoms with Gasteiger partial charge in [0.05, 0.1) is 50.7 Å². The third-order valence-corrected chi connectivity index (χ3v) is 7.63. The quantitative estimate of drug-likeness (QED) is 0.360. The molecule has 0 aliphatic carbocycles. The van der Waals surface area contributed by atoms with Crippen molar-refractivity contribution in [2.45, 2.75) is 23.3 Å². The van der Waals surface area contributed by atoms with Gasteiger partial charge in [0, 0.05) is 6.20 Å². The fraction of sp³-hybridized carbons (Fsp3) is 0.304. The molecule has 32 heavy (non-hydrogen) atoms. The van der Waals surface area contributed by atoms with Gasteiger partial charge in [-0.15, -0.1) is 11.3 Å². The monoisotopic (exact) mass is 474 g/mol. The molecule has 0 bridgehead atoms. The molecule has 7 nitrogen and oxygen atoms in total. The number of nitrogens with zero attached hydrogens (tertiary/aromatic N) is 2. The number of benzene rings is 1. The second-order valence-electron chi connectivity index (χ2n) is 8.48. The number of hydrogen-bond acceptors (Lipinski definition) is 6. The summed E-state index contributed by atoms with van der Waals surface area (Å²) in [7, 11) is 2.03. The van der Waals surface area contributed by atoms with Crippen LogP contribution in [0, 0.1) is 0 Å². The van der Waals surface area contributed by atoms with E-state index in [4.69, 9.17) is 4.74 Å². The highest BCUT2D eigenvalue weighted by Gasteiger charge is 2.28. The SMILES string of the molecule is C[N+](C)(C)C[C@@H](CC(=O)OCc1ccccc1)NS(=O)(=O)c1ccc(-c2ccccn2)s1. The Morgan fingerprint density at radius 1 is 1.06 bits per heavy atom. The number of nitrogens with one attached hydrogen (secondary N) is 1. The zero-order valence-corrected chi connectivity index (χ0v) is 20.0. The number of carbonyl (C=O) groups is 1. The highest BCUT2D eigenvalue weighted by Crippen LogP contribution is 2.29. The number of hydrogen-bond donors (Lipinski definition) is 1. The van der Waals surface area contributed by atoms with E-state index < -0.39 is 22.0 Å². The molecule has 0 amide bonds. The van der Waals surface area contributed by atoms with Crippen molar-refractivity contribution in [3.8, 4) is 10.6 Å². The summed E-state index contributed by atoms with van der Waals surface area (Å²) in [5.41, 5.74) is 1.59. The van der Waals surface area contributed by atoms with Crippen LogP contribution in [0.3, 0.4) is 0 Å². The third-order valence-electron chi connectivity index (χ3n) is 4.51. The zero-order valence-electron chi connectivity index (χ0n) is 18.4. The van der Waals surface area contributed by atoms with E-state index in [0.717, 1.165) is 21.8 Å². The van der Waals surface area contributed by atoms with Gasteiger partial charge in [-0.25, -0.2) is 13.1 Å². The van der Waals surface area contributed by atoms with E-state index in [9.17, 15) is 13.2 Å². The van der Waals surface area contributed by atoms with Crippen LogP contribution in [0.5, 0.6) is 0 Å². The van der Waals surface area contributed by atoms with Crippen LogP contribution < -0.4 is 4.72 Å². The molecular formula is C23H28N3O4S2+. The number of likely N-dealkylation sites (N-methyl/N-ethyl adjacent to an activating group) is 1. The van der Waals surface area contributed by atoms with E-state index in [1.807, 2.05) is 69.7 Å². The fourth-order valence-corrected chi connectivity index (χ4v) is 5.72. The van der Waals surface area contributed by atoms with Crippen molar-refractivity contribution in [3.63, 3.8) is 0 Å². The van der Waals surface area contributed by atoms with E-state index >= 15 is 0 Å². The first kappa shape index (κ1) is 24.1. The standard InChI is InChI=1S/C23H28N3O4S2/c1-26(2,3)16-19(15-22(27)30-17-18-9-5-4-6-10-18)25-32(28,29)23-13-12-21(31-23)20-11-7-8-14-24-20/h4-14,19,25H,15-17H2,1-3H3/q+1/t19-/m1/s1. The van der Waals surface area contributed by atoms with Crippen molar-refractivity contribution in [2.75, 3.05) is 27.7 Å². The third kappa shape index (κ3) is 7.23. The van der Waals surface area contributed by atoms with Gasteiger partial charge in [0.25, 0.3) is 10.0 Å². The predicted molar refractivity (Wildman–Crippen MR) is 125 cm³/mol. The van der Waals surface area contributed by atoms with Crippen LogP contribution >= 0.6 is 11.3 Å². The Balaban J connectivity index is 1.70. The molecule has 0 fully saturated rings. The normalized spacial score (nSPS) is 13.0. The van der Waals surface area contributed by atoms with Gasteiger partial charge in [0.1, 0.15) is 10.8 Å². The average Bonchev–Trinajstić information content (AvgIpc) is 3.23. The Hall–Kier alpha value is -2.59. The van der Waals surface area contributed by atoms with Gasteiger partial charge in [-0.3, -0.25) is 9.78 Å². The number of rotatable bonds is 10. The number of carbonyl (C=O) groups excluding carboxylic acids is 1. The summed E-state index contributed by atoms with van der Waals surface area (Å²) in [5.74, 6) is -0.449.